The molecule has 2 rings (SSSR count). The summed E-state index contributed by atoms with van der Waals surface area (Å²) in [6.07, 6.45) is 3.26. The van der Waals surface area contributed by atoms with Gasteiger partial charge in [-0.1, -0.05) is 24.3 Å². The van der Waals surface area contributed by atoms with Crippen LogP contribution in [0.15, 0.2) is 53.1 Å². The van der Waals surface area contributed by atoms with E-state index in [0.717, 1.165) is 11.3 Å². The van der Waals surface area contributed by atoms with Crippen molar-refractivity contribution in [2.75, 3.05) is 7.11 Å². The SMILES string of the molecule is COc1ccc(/C=C/C(=O)c2cccc(Br)n2)cc1. The van der Waals surface area contributed by atoms with Crippen molar-refractivity contribution in [2.24, 2.45) is 0 Å². The Hall–Kier alpha value is -1.94. The van der Waals surface area contributed by atoms with Crippen LogP contribution in [0, 0.1) is 0 Å². The zero-order valence-electron chi connectivity index (χ0n) is 10.3. The first-order chi connectivity index (χ1) is 9.19. The van der Waals surface area contributed by atoms with E-state index in [1.807, 2.05) is 24.3 Å². The summed E-state index contributed by atoms with van der Waals surface area (Å²) in [5.74, 6) is 0.661. The fraction of sp³-hybridized carbons (Fsp3) is 0.0667. The topological polar surface area (TPSA) is 39.2 Å². The minimum Gasteiger partial charge on any atom is -0.497 e. The Labute approximate surface area is 120 Å². The largest absolute Gasteiger partial charge is 0.497 e. The van der Waals surface area contributed by atoms with Crippen molar-refractivity contribution < 1.29 is 9.53 Å². The second-order valence-electron chi connectivity index (χ2n) is 3.82. The number of methoxy groups -OCH3 is 1. The average molecular weight is 318 g/mol. The lowest BCUT2D eigenvalue weighted by atomic mass is 10.1. The van der Waals surface area contributed by atoms with E-state index in [1.54, 1.807) is 31.4 Å². The lowest BCUT2D eigenvalue weighted by Gasteiger charge is -1.99. The Morgan fingerprint density at radius 2 is 1.95 bits per heavy atom. The number of allylic oxidation sites excluding steroid dienone is 1. The van der Waals surface area contributed by atoms with Gasteiger partial charge in [0.2, 0.25) is 5.78 Å². The summed E-state index contributed by atoms with van der Waals surface area (Å²) in [6, 6.07) is 12.7. The van der Waals surface area contributed by atoms with Gasteiger partial charge in [-0.15, -0.1) is 0 Å². The first-order valence-electron chi connectivity index (χ1n) is 5.68. The van der Waals surface area contributed by atoms with Gasteiger partial charge in [0.1, 0.15) is 16.0 Å². The lowest BCUT2D eigenvalue weighted by molar-refractivity contribution is 0.104. The van der Waals surface area contributed by atoms with Crippen LogP contribution >= 0.6 is 15.9 Å². The first-order valence-corrected chi connectivity index (χ1v) is 6.47. The second kappa shape index (κ2) is 6.29. The van der Waals surface area contributed by atoms with Gasteiger partial charge < -0.3 is 4.74 Å². The van der Waals surface area contributed by atoms with Gasteiger partial charge in [0, 0.05) is 0 Å². The van der Waals surface area contributed by atoms with Crippen molar-refractivity contribution in [1.82, 2.24) is 4.98 Å². The number of rotatable bonds is 4. The number of hydrogen-bond acceptors (Lipinski definition) is 3. The molecule has 1 heterocycles. The Bertz CT molecular complexity index is 606. The lowest BCUT2D eigenvalue weighted by Crippen LogP contribution is -1.97. The Balaban J connectivity index is 2.11. The molecule has 0 amide bonds. The van der Waals surface area contributed by atoms with Gasteiger partial charge in [0.15, 0.2) is 0 Å². The van der Waals surface area contributed by atoms with E-state index in [-0.39, 0.29) is 5.78 Å². The minimum absolute atomic E-state index is 0.128. The van der Waals surface area contributed by atoms with Gasteiger partial charge >= 0.3 is 0 Å². The average Bonchev–Trinajstić information content (AvgIpc) is 2.45. The number of carbonyl (C=O) groups is 1. The van der Waals surface area contributed by atoms with Crippen LogP contribution in [0.25, 0.3) is 6.08 Å². The highest BCUT2D eigenvalue weighted by atomic mass is 79.9. The number of nitrogens with zero attached hydrogens (tertiary/aromatic N) is 1. The van der Waals surface area contributed by atoms with Crippen molar-refractivity contribution in [3.8, 4) is 5.75 Å². The summed E-state index contributed by atoms with van der Waals surface area (Å²) < 4.78 is 5.72. The maximum atomic E-state index is 11.9. The molecule has 0 aliphatic heterocycles. The maximum Gasteiger partial charge on any atom is 0.204 e. The number of pyridine rings is 1. The molecule has 0 N–H and O–H groups in total. The molecule has 0 bridgehead atoms. The molecule has 4 heteroatoms. The zero-order chi connectivity index (χ0) is 13.7. The Kier molecular flexibility index (Phi) is 4.47. The summed E-state index contributed by atoms with van der Waals surface area (Å²) in [7, 11) is 1.62. The Morgan fingerprint density at radius 3 is 2.58 bits per heavy atom. The fourth-order valence-electron chi connectivity index (χ4n) is 1.52. The number of ketones is 1. The zero-order valence-corrected chi connectivity index (χ0v) is 11.9. The van der Waals surface area contributed by atoms with E-state index in [2.05, 4.69) is 20.9 Å². The first kappa shape index (κ1) is 13.5. The molecular formula is C15H12BrNO2. The number of halogens is 1. The number of hydrogen-bond donors (Lipinski definition) is 0. The second-order valence-corrected chi connectivity index (χ2v) is 4.63. The quantitative estimate of drug-likeness (QED) is 0.490. The van der Waals surface area contributed by atoms with Crippen LogP contribution in [0.4, 0.5) is 0 Å². The summed E-state index contributed by atoms with van der Waals surface area (Å²) in [4.78, 5) is 16.0. The van der Waals surface area contributed by atoms with Gasteiger partial charge in [0.05, 0.1) is 7.11 Å². The molecule has 0 unspecified atom stereocenters. The third-order valence-electron chi connectivity index (χ3n) is 2.51. The fourth-order valence-corrected chi connectivity index (χ4v) is 1.86. The van der Waals surface area contributed by atoms with E-state index >= 15 is 0 Å². The predicted octanol–water partition coefficient (Wildman–Crippen LogP) is 3.75. The summed E-state index contributed by atoms with van der Waals surface area (Å²) in [5, 5.41) is 0. The molecule has 0 atom stereocenters. The minimum atomic E-state index is -0.128. The van der Waals surface area contributed by atoms with Crippen LogP contribution in [0.1, 0.15) is 16.1 Å². The van der Waals surface area contributed by atoms with E-state index in [9.17, 15) is 4.79 Å². The summed E-state index contributed by atoms with van der Waals surface area (Å²) >= 11 is 3.24. The standard InChI is InChI=1S/C15H12BrNO2/c1-19-12-8-5-11(6-9-12)7-10-14(18)13-3-2-4-15(16)17-13/h2-10H,1H3/b10-7+. The third-order valence-corrected chi connectivity index (χ3v) is 2.95. The molecule has 0 aliphatic carbocycles. The number of benzene rings is 1. The third kappa shape index (κ3) is 3.76. The normalized spacial score (nSPS) is 10.6. The van der Waals surface area contributed by atoms with E-state index in [1.165, 1.54) is 6.08 Å². The van der Waals surface area contributed by atoms with Crippen molar-refractivity contribution in [2.45, 2.75) is 0 Å². The van der Waals surface area contributed by atoms with Crippen LogP contribution in [0.5, 0.6) is 5.75 Å². The molecule has 0 saturated carbocycles. The Morgan fingerprint density at radius 1 is 1.21 bits per heavy atom. The van der Waals surface area contributed by atoms with Crippen LogP contribution in [0.2, 0.25) is 0 Å². The van der Waals surface area contributed by atoms with E-state index < -0.39 is 0 Å². The summed E-state index contributed by atoms with van der Waals surface area (Å²) in [5.41, 5.74) is 1.35. The van der Waals surface area contributed by atoms with Crippen molar-refractivity contribution in [3.05, 3.63) is 64.4 Å². The molecule has 0 aliphatic rings. The highest BCUT2D eigenvalue weighted by molar-refractivity contribution is 9.10. The van der Waals surface area contributed by atoms with Crippen LogP contribution in [0.3, 0.4) is 0 Å². The summed E-state index contributed by atoms with van der Waals surface area (Å²) in [6.45, 7) is 0. The maximum absolute atomic E-state index is 11.9. The van der Waals surface area contributed by atoms with Gasteiger partial charge in [-0.25, -0.2) is 4.98 Å². The molecule has 1 aromatic carbocycles. The molecule has 0 saturated heterocycles. The van der Waals surface area contributed by atoms with E-state index in [0.29, 0.717) is 10.3 Å². The van der Waals surface area contributed by atoms with Crippen molar-refractivity contribution in [1.29, 1.82) is 0 Å². The molecular weight excluding hydrogens is 306 g/mol. The van der Waals surface area contributed by atoms with Crippen molar-refractivity contribution >= 4 is 27.8 Å². The monoisotopic (exact) mass is 317 g/mol. The molecule has 3 nitrogen and oxygen atoms in total. The number of ether oxygens (including phenoxy) is 1. The van der Waals surface area contributed by atoms with Crippen LogP contribution in [-0.2, 0) is 0 Å². The highest BCUT2D eigenvalue weighted by Crippen LogP contribution is 2.13. The van der Waals surface area contributed by atoms with Gasteiger partial charge in [-0.05, 0) is 51.8 Å². The molecule has 96 valence electrons. The molecule has 0 spiro atoms. The van der Waals surface area contributed by atoms with E-state index in [4.69, 9.17) is 4.74 Å². The molecule has 2 aromatic rings. The molecule has 0 fully saturated rings. The number of carbonyl (C=O) groups excluding carboxylic acids is 1. The van der Waals surface area contributed by atoms with Crippen LogP contribution in [-0.4, -0.2) is 17.9 Å². The number of aromatic nitrogens is 1. The molecule has 0 radical (unpaired) electrons. The highest BCUT2D eigenvalue weighted by Gasteiger charge is 2.03. The van der Waals surface area contributed by atoms with Gasteiger partial charge in [0.25, 0.3) is 0 Å². The van der Waals surface area contributed by atoms with Crippen LogP contribution < -0.4 is 4.74 Å². The molecule has 1 aromatic heterocycles. The predicted molar refractivity (Wildman–Crippen MR) is 78.3 cm³/mol. The van der Waals surface area contributed by atoms with Gasteiger partial charge in [-0.2, -0.15) is 0 Å². The smallest absolute Gasteiger partial charge is 0.204 e. The van der Waals surface area contributed by atoms with Crippen molar-refractivity contribution in [3.63, 3.8) is 0 Å². The van der Waals surface area contributed by atoms with Gasteiger partial charge in [-0.3, -0.25) is 4.79 Å². The molecule has 19 heavy (non-hydrogen) atoms.